The van der Waals surface area contributed by atoms with Crippen LogP contribution in [0, 0.1) is 0 Å². The topological polar surface area (TPSA) is 47.4 Å². The molecule has 1 atom stereocenters. The standard InChI is InChI=1S/C21H23N3O2/c25-21-20-11-5-4-9-18(20)13-22-24(21)16-23(15-19-10-6-12-26-19)14-17-7-2-1-3-8-17/h1-5,7-9,11,13,19H,6,10,12,14-16H2. The van der Waals surface area contributed by atoms with E-state index in [1.807, 2.05) is 42.5 Å². The Morgan fingerprint density at radius 1 is 1.12 bits per heavy atom. The summed E-state index contributed by atoms with van der Waals surface area (Å²) in [4.78, 5) is 15.0. The molecule has 4 rings (SSSR count). The number of aromatic nitrogens is 2. The van der Waals surface area contributed by atoms with Gasteiger partial charge in [-0.25, -0.2) is 4.68 Å². The molecule has 134 valence electrons. The molecule has 0 radical (unpaired) electrons. The van der Waals surface area contributed by atoms with Gasteiger partial charge in [-0.2, -0.15) is 5.10 Å². The smallest absolute Gasteiger partial charge is 0.275 e. The fourth-order valence-electron chi connectivity index (χ4n) is 3.51. The molecule has 1 aliphatic rings. The van der Waals surface area contributed by atoms with Crippen molar-refractivity contribution in [2.45, 2.75) is 32.2 Å². The first-order valence-electron chi connectivity index (χ1n) is 9.12. The van der Waals surface area contributed by atoms with E-state index in [2.05, 4.69) is 22.1 Å². The van der Waals surface area contributed by atoms with Crippen molar-refractivity contribution < 1.29 is 4.74 Å². The molecule has 0 aliphatic carbocycles. The first kappa shape index (κ1) is 16.9. The van der Waals surface area contributed by atoms with E-state index < -0.39 is 0 Å². The highest BCUT2D eigenvalue weighted by Crippen LogP contribution is 2.16. The van der Waals surface area contributed by atoms with Crippen LogP contribution in [-0.4, -0.2) is 33.9 Å². The third-order valence-electron chi connectivity index (χ3n) is 4.83. The van der Waals surface area contributed by atoms with Crippen LogP contribution in [0.25, 0.3) is 10.8 Å². The minimum Gasteiger partial charge on any atom is -0.377 e. The fraction of sp³-hybridized carbons (Fsp3) is 0.333. The van der Waals surface area contributed by atoms with Gasteiger partial charge in [0, 0.05) is 25.1 Å². The highest BCUT2D eigenvalue weighted by molar-refractivity contribution is 5.80. The third kappa shape index (κ3) is 3.84. The third-order valence-corrected chi connectivity index (χ3v) is 4.83. The number of hydrogen-bond donors (Lipinski definition) is 0. The van der Waals surface area contributed by atoms with Crippen molar-refractivity contribution in [1.82, 2.24) is 14.7 Å². The zero-order chi connectivity index (χ0) is 17.8. The molecule has 1 unspecified atom stereocenters. The van der Waals surface area contributed by atoms with Crippen LogP contribution in [0.3, 0.4) is 0 Å². The predicted octanol–water partition coefficient (Wildman–Crippen LogP) is 3.04. The van der Waals surface area contributed by atoms with Gasteiger partial charge in [-0.05, 0) is 24.5 Å². The lowest BCUT2D eigenvalue weighted by atomic mass is 10.2. The van der Waals surface area contributed by atoms with E-state index in [4.69, 9.17) is 4.74 Å². The second-order valence-electron chi connectivity index (χ2n) is 6.81. The van der Waals surface area contributed by atoms with Crippen LogP contribution in [0.5, 0.6) is 0 Å². The largest absolute Gasteiger partial charge is 0.377 e. The molecule has 2 aromatic carbocycles. The van der Waals surface area contributed by atoms with Gasteiger partial charge in [0.2, 0.25) is 0 Å². The van der Waals surface area contributed by atoms with E-state index in [1.165, 1.54) is 5.56 Å². The molecule has 1 aliphatic heterocycles. The van der Waals surface area contributed by atoms with Crippen LogP contribution < -0.4 is 5.56 Å². The number of hydrogen-bond acceptors (Lipinski definition) is 4. The Bertz CT molecular complexity index is 917. The van der Waals surface area contributed by atoms with Crippen LogP contribution in [0.15, 0.2) is 65.6 Å². The van der Waals surface area contributed by atoms with Crippen molar-refractivity contribution in [3.05, 3.63) is 76.7 Å². The lowest BCUT2D eigenvalue weighted by Gasteiger charge is -2.25. The Balaban J connectivity index is 1.59. The quantitative estimate of drug-likeness (QED) is 0.686. The maximum atomic E-state index is 12.8. The molecule has 0 spiro atoms. The van der Waals surface area contributed by atoms with Gasteiger partial charge in [0.05, 0.1) is 24.4 Å². The van der Waals surface area contributed by atoms with E-state index in [-0.39, 0.29) is 11.7 Å². The molecule has 1 aromatic heterocycles. The van der Waals surface area contributed by atoms with Crippen LogP contribution in [-0.2, 0) is 18.0 Å². The fourth-order valence-corrected chi connectivity index (χ4v) is 3.51. The summed E-state index contributed by atoms with van der Waals surface area (Å²) in [5.41, 5.74) is 1.17. The Labute approximate surface area is 152 Å². The van der Waals surface area contributed by atoms with Crippen molar-refractivity contribution in [1.29, 1.82) is 0 Å². The van der Waals surface area contributed by atoms with E-state index >= 15 is 0 Å². The summed E-state index contributed by atoms with van der Waals surface area (Å²) in [5, 5.41) is 5.97. The van der Waals surface area contributed by atoms with Crippen LogP contribution >= 0.6 is 0 Å². The van der Waals surface area contributed by atoms with Crippen molar-refractivity contribution in [3.8, 4) is 0 Å². The summed E-state index contributed by atoms with van der Waals surface area (Å²) in [5.74, 6) is 0. The summed E-state index contributed by atoms with van der Waals surface area (Å²) in [6.07, 6.45) is 4.18. The second-order valence-corrected chi connectivity index (χ2v) is 6.81. The van der Waals surface area contributed by atoms with Crippen molar-refractivity contribution in [2.24, 2.45) is 0 Å². The lowest BCUT2D eigenvalue weighted by molar-refractivity contribution is 0.0563. The number of ether oxygens (including phenoxy) is 1. The molecule has 0 bridgehead atoms. The molecular formula is C21H23N3O2. The molecule has 1 fully saturated rings. The molecule has 5 nitrogen and oxygen atoms in total. The Kier molecular flexibility index (Phi) is 5.09. The van der Waals surface area contributed by atoms with Gasteiger partial charge in [0.15, 0.2) is 0 Å². The monoisotopic (exact) mass is 349 g/mol. The molecule has 0 N–H and O–H groups in total. The molecule has 3 aromatic rings. The summed E-state index contributed by atoms with van der Waals surface area (Å²) >= 11 is 0. The summed E-state index contributed by atoms with van der Waals surface area (Å²) in [7, 11) is 0. The average Bonchev–Trinajstić information content (AvgIpc) is 3.18. The minimum atomic E-state index is -0.0477. The van der Waals surface area contributed by atoms with Crippen molar-refractivity contribution in [2.75, 3.05) is 13.2 Å². The first-order valence-corrected chi connectivity index (χ1v) is 9.12. The highest BCUT2D eigenvalue weighted by atomic mass is 16.5. The van der Waals surface area contributed by atoms with Crippen molar-refractivity contribution in [3.63, 3.8) is 0 Å². The maximum Gasteiger partial charge on any atom is 0.275 e. The Morgan fingerprint density at radius 2 is 1.92 bits per heavy atom. The number of benzene rings is 2. The number of nitrogens with zero attached hydrogens (tertiary/aromatic N) is 3. The SMILES string of the molecule is O=c1c2ccccc2cnn1CN(Cc1ccccc1)CC1CCCO1. The van der Waals surface area contributed by atoms with Crippen LogP contribution in [0.2, 0.25) is 0 Å². The molecule has 2 heterocycles. The Morgan fingerprint density at radius 3 is 2.73 bits per heavy atom. The van der Waals surface area contributed by atoms with Gasteiger partial charge in [0.25, 0.3) is 5.56 Å². The molecule has 0 saturated carbocycles. The van der Waals surface area contributed by atoms with E-state index in [9.17, 15) is 4.79 Å². The van der Waals surface area contributed by atoms with E-state index in [1.54, 1.807) is 10.9 Å². The molecule has 1 saturated heterocycles. The van der Waals surface area contributed by atoms with Gasteiger partial charge >= 0.3 is 0 Å². The second kappa shape index (κ2) is 7.81. The van der Waals surface area contributed by atoms with Gasteiger partial charge in [-0.1, -0.05) is 48.5 Å². The van der Waals surface area contributed by atoms with Gasteiger partial charge in [0.1, 0.15) is 0 Å². The lowest BCUT2D eigenvalue weighted by Crippen LogP contribution is -2.37. The maximum absolute atomic E-state index is 12.8. The summed E-state index contributed by atoms with van der Waals surface area (Å²) < 4.78 is 7.37. The molecule has 26 heavy (non-hydrogen) atoms. The van der Waals surface area contributed by atoms with Gasteiger partial charge in [-0.3, -0.25) is 9.69 Å². The highest BCUT2D eigenvalue weighted by Gasteiger charge is 2.20. The molecular weight excluding hydrogens is 326 g/mol. The van der Waals surface area contributed by atoms with E-state index in [0.717, 1.165) is 37.9 Å². The molecule has 0 amide bonds. The average molecular weight is 349 g/mol. The van der Waals surface area contributed by atoms with Crippen molar-refractivity contribution >= 4 is 10.8 Å². The first-order chi connectivity index (χ1) is 12.8. The van der Waals surface area contributed by atoms with Gasteiger partial charge in [-0.15, -0.1) is 0 Å². The van der Waals surface area contributed by atoms with Crippen LogP contribution in [0.4, 0.5) is 0 Å². The Hall–Kier alpha value is -2.50. The minimum absolute atomic E-state index is 0.0477. The predicted molar refractivity (Wildman–Crippen MR) is 102 cm³/mol. The van der Waals surface area contributed by atoms with Crippen LogP contribution in [0.1, 0.15) is 18.4 Å². The molecule has 5 heteroatoms. The zero-order valence-electron chi connectivity index (χ0n) is 14.8. The summed E-state index contributed by atoms with van der Waals surface area (Å²) in [6, 6.07) is 17.9. The number of rotatable bonds is 6. The van der Waals surface area contributed by atoms with Gasteiger partial charge < -0.3 is 4.74 Å². The number of fused-ring (bicyclic) bond motifs is 1. The summed E-state index contributed by atoms with van der Waals surface area (Å²) in [6.45, 7) is 2.86. The normalized spacial score (nSPS) is 17.2. The van der Waals surface area contributed by atoms with E-state index in [0.29, 0.717) is 12.1 Å². The zero-order valence-corrected chi connectivity index (χ0v) is 14.8.